The van der Waals surface area contributed by atoms with Gasteiger partial charge in [0.05, 0.1) is 12.3 Å². The highest BCUT2D eigenvalue weighted by Gasteiger charge is 2.14. The van der Waals surface area contributed by atoms with Gasteiger partial charge >= 0.3 is 0 Å². The monoisotopic (exact) mass is 404 g/mol. The summed E-state index contributed by atoms with van der Waals surface area (Å²) in [5.41, 5.74) is 6.46. The van der Waals surface area contributed by atoms with Gasteiger partial charge in [0.1, 0.15) is 0 Å². The summed E-state index contributed by atoms with van der Waals surface area (Å²) in [5.74, 6) is 0.685. The van der Waals surface area contributed by atoms with Crippen molar-refractivity contribution in [1.29, 1.82) is 0 Å². The Morgan fingerprint density at radius 2 is 2.07 bits per heavy atom. The van der Waals surface area contributed by atoms with Crippen molar-refractivity contribution in [2.75, 3.05) is 6.61 Å². The van der Waals surface area contributed by atoms with E-state index in [1.54, 1.807) is 0 Å². The minimum absolute atomic E-state index is 0.338. The quantitative estimate of drug-likeness (QED) is 0.299. The summed E-state index contributed by atoms with van der Waals surface area (Å²) in [5, 5.41) is 3.40. The maximum Gasteiger partial charge on any atom is 0.166 e. The molecule has 4 nitrogen and oxygen atoms in total. The van der Waals surface area contributed by atoms with Gasteiger partial charge in [0.15, 0.2) is 5.75 Å². The first-order valence-corrected chi connectivity index (χ1v) is 10.8. The molecule has 0 spiro atoms. The number of aromatic nitrogens is 1. The van der Waals surface area contributed by atoms with Crippen LogP contribution in [0.25, 0.3) is 16.8 Å². The van der Waals surface area contributed by atoms with E-state index in [0.717, 1.165) is 47.2 Å². The molecule has 1 aromatic carbocycles. The van der Waals surface area contributed by atoms with Crippen molar-refractivity contribution in [2.45, 2.75) is 53.0 Å². The molecular weight excluding hydrogens is 372 g/mol. The number of rotatable bonds is 9. The highest BCUT2D eigenvalue weighted by atomic mass is 17.2. The normalized spacial score (nSPS) is 16.2. The van der Waals surface area contributed by atoms with Gasteiger partial charge < -0.3 is 10.2 Å². The molecule has 158 valence electrons. The molecule has 0 fully saturated rings. The molecule has 2 heterocycles. The molecule has 1 atom stereocenters. The summed E-state index contributed by atoms with van der Waals surface area (Å²) in [4.78, 5) is 15.7. The largest absolute Gasteiger partial charge is 0.384 e. The van der Waals surface area contributed by atoms with Gasteiger partial charge in [0.25, 0.3) is 0 Å². The predicted molar refractivity (Wildman–Crippen MR) is 124 cm³/mol. The zero-order chi connectivity index (χ0) is 21.3. The highest BCUT2D eigenvalue weighted by Crippen LogP contribution is 2.33. The fourth-order valence-corrected chi connectivity index (χ4v) is 3.25. The number of hydrogen-bond donors (Lipinski definition) is 1. The minimum atomic E-state index is 0.338. The summed E-state index contributed by atoms with van der Waals surface area (Å²) in [6, 6.07) is 10.7. The predicted octanol–water partition coefficient (Wildman–Crippen LogP) is 6.39. The van der Waals surface area contributed by atoms with Crippen molar-refractivity contribution in [2.24, 2.45) is 0 Å². The van der Waals surface area contributed by atoms with Crippen molar-refractivity contribution in [3.8, 4) is 17.0 Å². The Hall–Kier alpha value is -2.85. The molecule has 1 N–H and O–H groups in total. The molecule has 0 aliphatic carbocycles. The lowest BCUT2D eigenvalue weighted by Crippen LogP contribution is -2.21. The third kappa shape index (κ3) is 5.83. The number of aryl methyl sites for hydroxylation is 1. The van der Waals surface area contributed by atoms with Crippen LogP contribution in [0.5, 0.6) is 5.75 Å². The van der Waals surface area contributed by atoms with Crippen molar-refractivity contribution >= 4 is 5.57 Å². The van der Waals surface area contributed by atoms with Gasteiger partial charge in [0.2, 0.25) is 0 Å². The smallest absolute Gasteiger partial charge is 0.166 e. The van der Waals surface area contributed by atoms with Crippen LogP contribution in [0.1, 0.15) is 51.2 Å². The zero-order valence-corrected chi connectivity index (χ0v) is 18.4. The number of benzene rings is 1. The third-order valence-corrected chi connectivity index (χ3v) is 4.95. The molecule has 0 amide bonds. The number of allylic oxidation sites excluding steroid dienone is 4. The van der Waals surface area contributed by atoms with E-state index < -0.39 is 0 Å². The van der Waals surface area contributed by atoms with E-state index >= 15 is 0 Å². The summed E-state index contributed by atoms with van der Waals surface area (Å²) in [7, 11) is 0. The van der Waals surface area contributed by atoms with Crippen LogP contribution < -0.4 is 10.2 Å². The second kappa shape index (κ2) is 10.8. The molecule has 3 rings (SSSR count). The second-order valence-electron chi connectivity index (χ2n) is 7.67. The van der Waals surface area contributed by atoms with Crippen molar-refractivity contribution in [1.82, 2.24) is 10.3 Å². The maximum atomic E-state index is 5.66. The van der Waals surface area contributed by atoms with E-state index in [0.29, 0.717) is 18.4 Å². The van der Waals surface area contributed by atoms with E-state index in [1.807, 2.05) is 31.3 Å². The maximum absolute atomic E-state index is 5.66. The van der Waals surface area contributed by atoms with Crippen LogP contribution in [0.15, 0.2) is 66.5 Å². The van der Waals surface area contributed by atoms with Crippen LogP contribution in [0.2, 0.25) is 0 Å². The fraction of sp³-hybridized carbons (Fsp3) is 0.346. The van der Waals surface area contributed by atoms with Crippen LogP contribution in [-0.4, -0.2) is 17.6 Å². The van der Waals surface area contributed by atoms with Crippen LogP contribution in [0.4, 0.5) is 0 Å². The van der Waals surface area contributed by atoms with Gasteiger partial charge in [-0.25, -0.2) is 0 Å². The lowest BCUT2D eigenvalue weighted by Gasteiger charge is -2.18. The standard InChI is InChI=1S/C26H32N2O2/c1-5-7-13-29-30-24-15-22(14-23(16-24)26-12-9-19(3)17-28-26)25(8-6-2)21-11-10-20(4)27-18-21/h8-12,14-18,20,27H,5-7,13H2,1-4H3/b25-8-. The number of hydrogen-bond acceptors (Lipinski definition) is 4. The number of nitrogens with one attached hydrogen (secondary N) is 1. The van der Waals surface area contributed by atoms with E-state index in [-0.39, 0.29) is 0 Å². The van der Waals surface area contributed by atoms with Gasteiger partial charge in [-0.1, -0.05) is 44.6 Å². The van der Waals surface area contributed by atoms with Gasteiger partial charge in [-0.15, -0.1) is 0 Å². The third-order valence-electron chi connectivity index (χ3n) is 4.95. The molecule has 30 heavy (non-hydrogen) atoms. The van der Waals surface area contributed by atoms with Crippen molar-refractivity contribution in [3.05, 3.63) is 77.7 Å². The molecule has 1 aliphatic rings. The number of nitrogens with zero attached hydrogens (tertiary/aromatic N) is 1. The summed E-state index contributed by atoms with van der Waals surface area (Å²) in [6.45, 7) is 9.04. The fourth-order valence-electron chi connectivity index (χ4n) is 3.25. The van der Waals surface area contributed by atoms with Crippen LogP contribution in [-0.2, 0) is 4.89 Å². The average Bonchev–Trinajstić information content (AvgIpc) is 2.76. The van der Waals surface area contributed by atoms with Gasteiger partial charge in [0, 0.05) is 24.0 Å². The molecule has 2 aromatic rings. The first-order valence-electron chi connectivity index (χ1n) is 10.8. The highest BCUT2D eigenvalue weighted by molar-refractivity contribution is 5.84. The minimum Gasteiger partial charge on any atom is -0.384 e. The Morgan fingerprint density at radius 1 is 1.20 bits per heavy atom. The molecule has 1 aliphatic heterocycles. The van der Waals surface area contributed by atoms with Crippen LogP contribution in [0, 0.1) is 6.92 Å². The van der Waals surface area contributed by atoms with E-state index in [4.69, 9.17) is 9.78 Å². The Kier molecular flexibility index (Phi) is 7.86. The Bertz CT molecular complexity index is 927. The number of dihydropyridines is 1. The van der Waals surface area contributed by atoms with Gasteiger partial charge in [-0.05, 0) is 73.2 Å². The lowest BCUT2D eigenvalue weighted by molar-refractivity contribution is -0.207. The Balaban J connectivity index is 2.00. The molecule has 0 radical (unpaired) electrons. The topological polar surface area (TPSA) is 43.4 Å². The first kappa shape index (κ1) is 21.8. The summed E-state index contributed by atoms with van der Waals surface area (Å²) in [6.07, 6.45) is 13.5. The lowest BCUT2D eigenvalue weighted by atomic mass is 9.93. The van der Waals surface area contributed by atoms with Crippen molar-refractivity contribution in [3.63, 3.8) is 0 Å². The first-order chi connectivity index (χ1) is 14.6. The zero-order valence-electron chi connectivity index (χ0n) is 18.4. The van der Waals surface area contributed by atoms with Crippen LogP contribution in [0.3, 0.4) is 0 Å². The van der Waals surface area contributed by atoms with Crippen molar-refractivity contribution < 1.29 is 9.78 Å². The summed E-state index contributed by atoms with van der Waals surface area (Å²) >= 11 is 0. The second-order valence-corrected chi connectivity index (χ2v) is 7.67. The molecule has 1 aromatic heterocycles. The summed E-state index contributed by atoms with van der Waals surface area (Å²) < 4.78 is 0. The molecular formula is C26H32N2O2. The van der Waals surface area contributed by atoms with E-state index in [9.17, 15) is 0 Å². The average molecular weight is 405 g/mol. The molecule has 0 saturated carbocycles. The van der Waals surface area contributed by atoms with E-state index in [1.165, 1.54) is 5.57 Å². The Morgan fingerprint density at radius 3 is 2.73 bits per heavy atom. The molecule has 4 heteroatoms. The SMILES string of the molecule is CC/C=C(/C1=CNC(C)C=C1)c1cc(OOCCCC)cc(-c2ccc(C)cn2)c1. The number of unbranched alkanes of at least 4 members (excludes halogenated alkanes) is 1. The van der Waals surface area contributed by atoms with E-state index in [2.05, 4.69) is 67.6 Å². The van der Waals surface area contributed by atoms with Gasteiger partial charge in [-0.3, -0.25) is 4.98 Å². The Labute approximate surface area is 180 Å². The molecule has 0 bridgehead atoms. The van der Waals surface area contributed by atoms with Crippen LogP contribution >= 0.6 is 0 Å². The van der Waals surface area contributed by atoms with Gasteiger partial charge in [-0.2, -0.15) is 4.89 Å². The molecule has 1 unspecified atom stereocenters. The number of pyridine rings is 1. The molecule has 0 saturated heterocycles.